The molecule has 2 unspecified atom stereocenters. The van der Waals surface area contributed by atoms with Gasteiger partial charge in [0.25, 0.3) is 0 Å². The largest absolute Gasteiger partial charge is 0.388 e. The third kappa shape index (κ3) is 6.30. The first-order chi connectivity index (χ1) is 10.5. The molecule has 0 radical (unpaired) electrons. The maximum Gasteiger partial charge on any atom is 0.0830 e. The van der Waals surface area contributed by atoms with Crippen LogP contribution < -0.4 is 5.73 Å². The van der Waals surface area contributed by atoms with Gasteiger partial charge in [-0.25, -0.2) is 0 Å². The van der Waals surface area contributed by atoms with Crippen molar-refractivity contribution in [1.82, 2.24) is 0 Å². The molecule has 3 nitrogen and oxygen atoms in total. The van der Waals surface area contributed by atoms with E-state index in [0.717, 1.165) is 43.2 Å². The van der Waals surface area contributed by atoms with Crippen molar-refractivity contribution in [2.75, 3.05) is 6.54 Å². The summed E-state index contributed by atoms with van der Waals surface area (Å²) >= 11 is 0. The highest BCUT2D eigenvalue weighted by Gasteiger charge is 2.21. The van der Waals surface area contributed by atoms with Gasteiger partial charge in [0.15, 0.2) is 0 Å². The molecule has 4 N–H and O–H groups in total. The maximum absolute atomic E-state index is 10.7. The molecule has 0 aliphatic rings. The van der Waals surface area contributed by atoms with E-state index in [1.807, 2.05) is 36.4 Å². The molecule has 0 aliphatic heterocycles. The maximum atomic E-state index is 10.7. The summed E-state index contributed by atoms with van der Waals surface area (Å²) in [5, 5.41) is 20.7. The standard InChI is InChI=1S/C19H31NO2/c1-3-5-12-19(22,11-4-2)13-9-16-7-6-8-17(15-16)18(21)10-14-20/h6-9,13,15,18,21-22H,3-5,10-12,14,20H2,1-2H3/b13-9+. The van der Waals surface area contributed by atoms with E-state index in [4.69, 9.17) is 5.73 Å². The van der Waals surface area contributed by atoms with Crippen LogP contribution in [0.2, 0.25) is 0 Å². The van der Waals surface area contributed by atoms with E-state index < -0.39 is 11.7 Å². The van der Waals surface area contributed by atoms with E-state index in [1.165, 1.54) is 0 Å². The van der Waals surface area contributed by atoms with Crippen LogP contribution in [0.1, 0.15) is 69.6 Å². The summed E-state index contributed by atoms with van der Waals surface area (Å²) in [4.78, 5) is 0. The van der Waals surface area contributed by atoms with Gasteiger partial charge in [0.1, 0.15) is 0 Å². The molecule has 0 aliphatic carbocycles. The lowest BCUT2D eigenvalue weighted by molar-refractivity contribution is 0.0698. The fraction of sp³-hybridized carbons (Fsp3) is 0.579. The van der Waals surface area contributed by atoms with E-state index in [-0.39, 0.29) is 0 Å². The monoisotopic (exact) mass is 305 g/mol. The Morgan fingerprint density at radius 1 is 1.23 bits per heavy atom. The Bertz CT molecular complexity index is 459. The Labute approximate surface area is 134 Å². The summed E-state index contributed by atoms with van der Waals surface area (Å²) in [7, 11) is 0. The molecular weight excluding hydrogens is 274 g/mol. The number of aliphatic hydroxyl groups is 2. The van der Waals surface area contributed by atoms with E-state index >= 15 is 0 Å². The molecular formula is C19H31NO2. The van der Waals surface area contributed by atoms with Crippen molar-refractivity contribution >= 4 is 6.08 Å². The van der Waals surface area contributed by atoms with Gasteiger partial charge < -0.3 is 15.9 Å². The number of hydrogen-bond donors (Lipinski definition) is 3. The molecule has 0 fully saturated rings. The van der Waals surface area contributed by atoms with Crippen LogP contribution >= 0.6 is 0 Å². The molecule has 0 saturated heterocycles. The van der Waals surface area contributed by atoms with Crippen molar-refractivity contribution in [2.45, 2.75) is 64.1 Å². The Morgan fingerprint density at radius 2 is 2.00 bits per heavy atom. The minimum absolute atomic E-state index is 0.467. The van der Waals surface area contributed by atoms with Crippen LogP contribution in [-0.2, 0) is 0 Å². The van der Waals surface area contributed by atoms with E-state index in [0.29, 0.717) is 13.0 Å². The molecule has 0 spiro atoms. The van der Waals surface area contributed by atoms with E-state index in [1.54, 1.807) is 0 Å². The first kappa shape index (κ1) is 18.9. The molecule has 1 rings (SSSR count). The Hall–Kier alpha value is -1.16. The second-order valence-corrected chi connectivity index (χ2v) is 6.05. The number of hydrogen-bond acceptors (Lipinski definition) is 3. The average Bonchev–Trinajstić information content (AvgIpc) is 2.52. The van der Waals surface area contributed by atoms with Crippen molar-refractivity contribution < 1.29 is 10.2 Å². The smallest absolute Gasteiger partial charge is 0.0830 e. The van der Waals surface area contributed by atoms with Gasteiger partial charge in [0.2, 0.25) is 0 Å². The highest BCUT2D eigenvalue weighted by atomic mass is 16.3. The number of rotatable bonds is 10. The molecule has 2 atom stereocenters. The number of nitrogens with two attached hydrogens (primary N) is 1. The lowest BCUT2D eigenvalue weighted by Crippen LogP contribution is -2.25. The normalized spacial score (nSPS) is 15.9. The molecule has 0 aromatic heterocycles. The summed E-state index contributed by atoms with van der Waals surface area (Å²) in [5.41, 5.74) is 6.64. The zero-order chi connectivity index (χ0) is 16.4. The summed E-state index contributed by atoms with van der Waals surface area (Å²) in [6.07, 6.45) is 8.56. The van der Waals surface area contributed by atoms with Crippen molar-refractivity contribution in [3.63, 3.8) is 0 Å². The third-order valence-electron chi connectivity index (χ3n) is 3.97. The molecule has 124 valence electrons. The number of aliphatic hydroxyl groups excluding tert-OH is 1. The van der Waals surface area contributed by atoms with Gasteiger partial charge in [-0.1, -0.05) is 63.5 Å². The van der Waals surface area contributed by atoms with Gasteiger partial charge in [0.05, 0.1) is 11.7 Å². The van der Waals surface area contributed by atoms with Crippen LogP contribution in [0, 0.1) is 0 Å². The fourth-order valence-electron chi connectivity index (χ4n) is 2.65. The molecule has 1 aromatic rings. The summed E-state index contributed by atoms with van der Waals surface area (Å²) in [5.74, 6) is 0. The Kier molecular flexibility index (Phi) is 8.39. The topological polar surface area (TPSA) is 66.5 Å². The average molecular weight is 305 g/mol. The predicted octanol–water partition coefficient (Wildman–Crippen LogP) is 3.80. The van der Waals surface area contributed by atoms with Gasteiger partial charge in [0, 0.05) is 0 Å². The van der Waals surface area contributed by atoms with Gasteiger partial charge in [-0.3, -0.25) is 0 Å². The zero-order valence-electron chi connectivity index (χ0n) is 14.0. The van der Waals surface area contributed by atoms with Crippen molar-refractivity contribution in [3.8, 4) is 0 Å². The quantitative estimate of drug-likeness (QED) is 0.616. The molecule has 3 heteroatoms. The SMILES string of the molecule is CCCCC(O)(/C=C/c1cccc(C(O)CCN)c1)CCC. The second kappa shape index (κ2) is 9.78. The first-order valence-corrected chi connectivity index (χ1v) is 8.44. The van der Waals surface area contributed by atoms with Crippen LogP contribution in [0.15, 0.2) is 30.3 Å². The van der Waals surface area contributed by atoms with Crippen LogP contribution in [0.4, 0.5) is 0 Å². The van der Waals surface area contributed by atoms with Crippen LogP contribution in [0.5, 0.6) is 0 Å². The molecule has 1 aromatic carbocycles. The second-order valence-electron chi connectivity index (χ2n) is 6.05. The van der Waals surface area contributed by atoms with Gasteiger partial charge in [-0.15, -0.1) is 0 Å². The van der Waals surface area contributed by atoms with Gasteiger partial charge in [-0.05, 0) is 43.0 Å². The lowest BCUT2D eigenvalue weighted by atomic mass is 9.90. The number of benzene rings is 1. The Balaban J connectivity index is 2.84. The van der Waals surface area contributed by atoms with Crippen LogP contribution in [0.25, 0.3) is 6.08 Å². The van der Waals surface area contributed by atoms with E-state index in [2.05, 4.69) is 13.8 Å². The molecule has 0 heterocycles. The molecule has 22 heavy (non-hydrogen) atoms. The predicted molar refractivity (Wildman–Crippen MR) is 93.5 cm³/mol. The highest BCUT2D eigenvalue weighted by molar-refractivity contribution is 5.52. The fourth-order valence-corrected chi connectivity index (χ4v) is 2.65. The van der Waals surface area contributed by atoms with Gasteiger partial charge in [-0.2, -0.15) is 0 Å². The molecule has 0 amide bonds. The number of unbranched alkanes of at least 4 members (excludes halogenated alkanes) is 1. The van der Waals surface area contributed by atoms with Crippen molar-refractivity contribution in [2.24, 2.45) is 5.73 Å². The first-order valence-electron chi connectivity index (χ1n) is 8.44. The van der Waals surface area contributed by atoms with Crippen LogP contribution in [0.3, 0.4) is 0 Å². The summed E-state index contributed by atoms with van der Waals surface area (Å²) < 4.78 is 0. The van der Waals surface area contributed by atoms with E-state index in [9.17, 15) is 10.2 Å². The van der Waals surface area contributed by atoms with Crippen molar-refractivity contribution in [1.29, 1.82) is 0 Å². The van der Waals surface area contributed by atoms with Crippen LogP contribution in [-0.4, -0.2) is 22.4 Å². The summed E-state index contributed by atoms with van der Waals surface area (Å²) in [6, 6.07) is 7.79. The van der Waals surface area contributed by atoms with Gasteiger partial charge >= 0.3 is 0 Å². The minimum atomic E-state index is -0.726. The van der Waals surface area contributed by atoms with Crippen molar-refractivity contribution in [3.05, 3.63) is 41.5 Å². The molecule has 0 bridgehead atoms. The Morgan fingerprint density at radius 3 is 2.64 bits per heavy atom. The third-order valence-corrected chi connectivity index (χ3v) is 3.97. The zero-order valence-corrected chi connectivity index (χ0v) is 14.0. The highest BCUT2D eigenvalue weighted by Crippen LogP contribution is 2.24. The summed E-state index contributed by atoms with van der Waals surface area (Å²) in [6.45, 7) is 4.70. The molecule has 0 saturated carbocycles. The lowest BCUT2D eigenvalue weighted by Gasteiger charge is -2.24. The minimum Gasteiger partial charge on any atom is -0.388 e.